The van der Waals surface area contributed by atoms with Crippen LogP contribution in [-0.4, -0.2) is 27.3 Å². The van der Waals surface area contributed by atoms with Crippen molar-refractivity contribution in [3.8, 4) is 17.2 Å². The molecule has 134 valence electrons. The fourth-order valence-corrected chi connectivity index (χ4v) is 2.44. The number of rotatable bonds is 7. The Morgan fingerprint density at radius 2 is 1.56 bits per heavy atom. The van der Waals surface area contributed by atoms with Crippen molar-refractivity contribution in [2.24, 2.45) is 0 Å². The molecule has 0 N–H and O–H groups in total. The summed E-state index contributed by atoms with van der Waals surface area (Å²) < 4.78 is 34.2. The van der Waals surface area contributed by atoms with Gasteiger partial charge >= 0.3 is 5.97 Å². The van der Waals surface area contributed by atoms with E-state index >= 15 is 0 Å². The molecule has 2 rings (SSSR count). The van der Waals surface area contributed by atoms with Crippen LogP contribution in [0.5, 0.6) is 17.2 Å². The Hall–Kier alpha value is -2.76. The summed E-state index contributed by atoms with van der Waals surface area (Å²) in [7, 11) is 4.53. The van der Waals surface area contributed by atoms with E-state index in [1.165, 1.54) is 33.5 Å². The summed E-state index contributed by atoms with van der Waals surface area (Å²) >= 11 is 0. The maximum absolute atomic E-state index is 13.0. The average molecular weight is 348 g/mol. The smallest absolute Gasteiger partial charge is 0.310 e. The highest BCUT2D eigenvalue weighted by molar-refractivity contribution is 5.74. The van der Waals surface area contributed by atoms with Gasteiger partial charge in [0.15, 0.2) is 11.5 Å². The monoisotopic (exact) mass is 348 g/mol. The Kier molecular flexibility index (Phi) is 6.22. The zero-order valence-electron chi connectivity index (χ0n) is 14.7. The van der Waals surface area contributed by atoms with Crippen molar-refractivity contribution in [3.05, 3.63) is 53.3 Å². The molecule has 0 aliphatic heterocycles. The second-order valence-corrected chi connectivity index (χ2v) is 5.39. The summed E-state index contributed by atoms with van der Waals surface area (Å²) in [5.41, 5.74) is 1.39. The SMILES string of the molecule is COc1cc(CC(=O)O[C@@H](C)c2ccc(F)cc2)cc(OC)c1OC. The van der Waals surface area contributed by atoms with Crippen LogP contribution in [0.15, 0.2) is 36.4 Å². The van der Waals surface area contributed by atoms with E-state index in [-0.39, 0.29) is 12.2 Å². The molecule has 2 aromatic carbocycles. The molecule has 2 aromatic rings. The van der Waals surface area contributed by atoms with Gasteiger partial charge < -0.3 is 18.9 Å². The quantitative estimate of drug-likeness (QED) is 0.714. The van der Waals surface area contributed by atoms with Crippen molar-refractivity contribution in [2.45, 2.75) is 19.4 Å². The summed E-state index contributed by atoms with van der Waals surface area (Å²) in [5, 5.41) is 0. The first kappa shape index (κ1) is 18.6. The number of carbonyl (C=O) groups is 1. The van der Waals surface area contributed by atoms with Crippen LogP contribution in [0.1, 0.15) is 24.2 Å². The van der Waals surface area contributed by atoms with Crippen molar-refractivity contribution in [3.63, 3.8) is 0 Å². The van der Waals surface area contributed by atoms with Gasteiger partial charge in [0.25, 0.3) is 0 Å². The lowest BCUT2D eigenvalue weighted by atomic mass is 10.1. The maximum Gasteiger partial charge on any atom is 0.310 e. The van der Waals surface area contributed by atoms with E-state index in [2.05, 4.69) is 0 Å². The number of hydrogen-bond donors (Lipinski definition) is 0. The normalized spacial score (nSPS) is 11.6. The van der Waals surface area contributed by atoms with Crippen molar-refractivity contribution < 1.29 is 28.1 Å². The molecular formula is C19H21FO5. The van der Waals surface area contributed by atoms with E-state index in [9.17, 15) is 9.18 Å². The van der Waals surface area contributed by atoms with Gasteiger partial charge in [-0.3, -0.25) is 4.79 Å². The van der Waals surface area contributed by atoms with Crippen molar-refractivity contribution in [1.82, 2.24) is 0 Å². The number of esters is 1. The van der Waals surface area contributed by atoms with E-state index in [1.807, 2.05) is 0 Å². The van der Waals surface area contributed by atoms with Crippen LogP contribution in [0, 0.1) is 5.82 Å². The first-order chi connectivity index (χ1) is 12.0. The Morgan fingerprint density at radius 1 is 1.00 bits per heavy atom. The summed E-state index contributed by atoms with van der Waals surface area (Å²) in [6, 6.07) is 9.24. The van der Waals surface area contributed by atoms with Crippen LogP contribution >= 0.6 is 0 Å². The van der Waals surface area contributed by atoms with E-state index in [0.29, 0.717) is 22.8 Å². The van der Waals surface area contributed by atoms with E-state index in [4.69, 9.17) is 18.9 Å². The fourth-order valence-electron chi connectivity index (χ4n) is 2.44. The standard InChI is InChI=1S/C19H21FO5/c1-12(14-5-7-15(20)8-6-14)25-18(21)11-13-9-16(22-2)19(24-4)17(10-13)23-3/h5-10,12H,11H2,1-4H3/t12-/m0/s1. The molecule has 0 saturated carbocycles. The van der Waals surface area contributed by atoms with Crippen molar-refractivity contribution in [1.29, 1.82) is 0 Å². The lowest BCUT2D eigenvalue weighted by Crippen LogP contribution is -2.12. The highest BCUT2D eigenvalue weighted by atomic mass is 19.1. The first-order valence-electron chi connectivity index (χ1n) is 7.72. The second-order valence-electron chi connectivity index (χ2n) is 5.39. The molecule has 0 saturated heterocycles. The van der Waals surface area contributed by atoms with Crippen LogP contribution in [0.25, 0.3) is 0 Å². The minimum absolute atomic E-state index is 0.0439. The molecule has 0 radical (unpaired) electrons. The van der Waals surface area contributed by atoms with Gasteiger partial charge in [0.2, 0.25) is 5.75 Å². The summed E-state index contributed by atoms with van der Waals surface area (Å²) in [4.78, 5) is 12.2. The number of methoxy groups -OCH3 is 3. The van der Waals surface area contributed by atoms with Gasteiger partial charge in [-0.15, -0.1) is 0 Å². The number of benzene rings is 2. The third kappa shape index (κ3) is 4.62. The highest BCUT2D eigenvalue weighted by Crippen LogP contribution is 2.38. The van der Waals surface area contributed by atoms with Crippen molar-refractivity contribution in [2.75, 3.05) is 21.3 Å². The van der Waals surface area contributed by atoms with Gasteiger partial charge in [0.1, 0.15) is 11.9 Å². The molecule has 0 fully saturated rings. The minimum atomic E-state index is -0.477. The third-order valence-corrected chi connectivity index (χ3v) is 3.72. The van der Waals surface area contributed by atoms with E-state index in [1.54, 1.807) is 31.2 Å². The van der Waals surface area contributed by atoms with Crippen LogP contribution in [0.2, 0.25) is 0 Å². The summed E-state index contributed by atoms with van der Waals surface area (Å²) in [5.74, 6) is 0.653. The molecule has 5 nitrogen and oxygen atoms in total. The minimum Gasteiger partial charge on any atom is -0.493 e. The lowest BCUT2D eigenvalue weighted by Gasteiger charge is -2.16. The Bertz CT molecular complexity index is 702. The molecule has 0 aromatic heterocycles. The zero-order valence-corrected chi connectivity index (χ0v) is 14.7. The van der Waals surface area contributed by atoms with E-state index in [0.717, 1.165) is 5.56 Å². The second kappa shape index (κ2) is 8.37. The number of ether oxygens (including phenoxy) is 4. The molecule has 0 amide bonds. The average Bonchev–Trinajstić information content (AvgIpc) is 2.61. The molecular weight excluding hydrogens is 327 g/mol. The van der Waals surface area contributed by atoms with Gasteiger partial charge in [-0.25, -0.2) is 4.39 Å². The molecule has 0 spiro atoms. The van der Waals surface area contributed by atoms with Gasteiger partial charge in [-0.1, -0.05) is 12.1 Å². The third-order valence-electron chi connectivity index (χ3n) is 3.72. The molecule has 1 atom stereocenters. The Morgan fingerprint density at radius 3 is 2.04 bits per heavy atom. The maximum atomic E-state index is 13.0. The largest absolute Gasteiger partial charge is 0.493 e. The zero-order chi connectivity index (χ0) is 18.4. The molecule has 6 heteroatoms. The van der Waals surface area contributed by atoms with Gasteiger partial charge in [0.05, 0.1) is 27.8 Å². The Balaban J connectivity index is 2.10. The molecule has 0 aliphatic carbocycles. The predicted molar refractivity (Wildman–Crippen MR) is 90.7 cm³/mol. The van der Waals surface area contributed by atoms with Crippen molar-refractivity contribution >= 4 is 5.97 Å². The van der Waals surface area contributed by atoms with Crippen LogP contribution in [0.3, 0.4) is 0 Å². The fraction of sp³-hybridized carbons (Fsp3) is 0.316. The molecule has 0 unspecified atom stereocenters. The number of halogens is 1. The molecule has 0 aliphatic rings. The Labute approximate surface area is 146 Å². The van der Waals surface area contributed by atoms with Crippen LogP contribution in [-0.2, 0) is 16.0 Å². The molecule has 0 heterocycles. The van der Waals surface area contributed by atoms with Crippen LogP contribution < -0.4 is 14.2 Å². The van der Waals surface area contributed by atoms with Gasteiger partial charge in [0, 0.05) is 0 Å². The molecule has 0 bridgehead atoms. The number of carbonyl (C=O) groups excluding carboxylic acids is 1. The molecule has 25 heavy (non-hydrogen) atoms. The topological polar surface area (TPSA) is 54.0 Å². The first-order valence-corrected chi connectivity index (χ1v) is 7.72. The summed E-state index contributed by atoms with van der Waals surface area (Å²) in [6.07, 6.45) is -0.433. The lowest BCUT2D eigenvalue weighted by molar-refractivity contribution is -0.147. The highest BCUT2D eigenvalue weighted by Gasteiger charge is 2.17. The van der Waals surface area contributed by atoms with Gasteiger partial charge in [-0.05, 0) is 42.3 Å². The summed E-state index contributed by atoms with van der Waals surface area (Å²) in [6.45, 7) is 1.74. The van der Waals surface area contributed by atoms with Crippen LogP contribution in [0.4, 0.5) is 4.39 Å². The van der Waals surface area contributed by atoms with Gasteiger partial charge in [-0.2, -0.15) is 0 Å². The number of hydrogen-bond acceptors (Lipinski definition) is 5. The predicted octanol–water partition coefficient (Wildman–Crippen LogP) is 3.70. The van der Waals surface area contributed by atoms with E-state index < -0.39 is 12.1 Å².